The summed E-state index contributed by atoms with van der Waals surface area (Å²) >= 11 is 2.74. The summed E-state index contributed by atoms with van der Waals surface area (Å²) in [6.07, 6.45) is 4.59. The first-order valence-electron chi connectivity index (χ1n) is 9.45. The molecule has 1 aromatic carbocycles. The fourth-order valence-corrected chi connectivity index (χ4v) is 4.89. The molecule has 0 unspecified atom stereocenters. The molecular formula is C19H22N6O2S2. The first-order valence-corrected chi connectivity index (χ1v) is 11.3. The van der Waals surface area contributed by atoms with E-state index < -0.39 is 0 Å². The zero-order chi connectivity index (χ0) is 20.2. The number of tetrazole rings is 1. The van der Waals surface area contributed by atoms with E-state index in [0.717, 1.165) is 35.4 Å². The molecule has 0 aliphatic heterocycles. The van der Waals surface area contributed by atoms with Gasteiger partial charge in [-0.3, -0.25) is 4.79 Å². The van der Waals surface area contributed by atoms with Crippen LogP contribution in [0, 0.1) is 6.92 Å². The van der Waals surface area contributed by atoms with Gasteiger partial charge in [0, 0.05) is 10.9 Å². The molecule has 1 aliphatic rings. The monoisotopic (exact) mass is 430 g/mol. The molecule has 2 heterocycles. The van der Waals surface area contributed by atoms with Gasteiger partial charge >= 0.3 is 0 Å². The summed E-state index contributed by atoms with van der Waals surface area (Å²) in [5, 5.41) is 18.0. The number of carbonyl (C=O) groups is 1. The van der Waals surface area contributed by atoms with Crippen LogP contribution in [0.2, 0.25) is 0 Å². The quantitative estimate of drug-likeness (QED) is 0.567. The minimum Gasteiger partial charge on any atom is -0.496 e. The third kappa shape index (κ3) is 4.59. The van der Waals surface area contributed by atoms with Crippen molar-refractivity contribution in [1.82, 2.24) is 25.2 Å². The number of benzene rings is 1. The number of aromatic nitrogens is 5. The first kappa shape index (κ1) is 19.8. The van der Waals surface area contributed by atoms with Crippen LogP contribution in [0.1, 0.15) is 37.3 Å². The second kappa shape index (κ2) is 8.91. The zero-order valence-electron chi connectivity index (χ0n) is 16.3. The minimum atomic E-state index is -0.131. The molecule has 0 bridgehead atoms. The predicted octanol–water partition coefficient (Wildman–Crippen LogP) is 3.96. The molecule has 0 saturated heterocycles. The molecule has 2 aromatic heterocycles. The Bertz CT molecular complexity index is 996. The van der Waals surface area contributed by atoms with E-state index in [1.807, 2.05) is 35.2 Å². The van der Waals surface area contributed by atoms with E-state index in [0.29, 0.717) is 16.3 Å². The van der Waals surface area contributed by atoms with Gasteiger partial charge in [0.2, 0.25) is 11.1 Å². The second-order valence-electron chi connectivity index (χ2n) is 6.92. The molecule has 1 saturated carbocycles. The molecule has 4 rings (SSSR count). The maximum Gasteiger partial charge on any atom is 0.236 e. The van der Waals surface area contributed by atoms with Crippen LogP contribution in [0.4, 0.5) is 5.13 Å². The molecule has 0 spiro atoms. The fraction of sp³-hybridized carbons (Fsp3) is 0.421. The van der Waals surface area contributed by atoms with Crippen LogP contribution in [-0.2, 0) is 4.79 Å². The highest BCUT2D eigenvalue weighted by Crippen LogP contribution is 2.33. The van der Waals surface area contributed by atoms with Gasteiger partial charge in [0.15, 0.2) is 5.13 Å². The molecule has 1 amide bonds. The summed E-state index contributed by atoms with van der Waals surface area (Å²) in [7, 11) is 1.64. The Morgan fingerprint density at radius 1 is 1.38 bits per heavy atom. The largest absolute Gasteiger partial charge is 0.496 e. The van der Waals surface area contributed by atoms with Gasteiger partial charge in [-0.05, 0) is 42.3 Å². The summed E-state index contributed by atoms with van der Waals surface area (Å²) in [5.74, 6) is 0.858. The van der Waals surface area contributed by atoms with E-state index in [4.69, 9.17) is 4.74 Å². The lowest BCUT2D eigenvalue weighted by atomic mass is 10.1. The molecule has 10 heteroatoms. The van der Waals surface area contributed by atoms with Crippen molar-refractivity contribution in [2.24, 2.45) is 0 Å². The number of thiazole rings is 1. The summed E-state index contributed by atoms with van der Waals surface area (Å²) in [6, 6.07) is 6.29. The van der Waals surface area contributed by atoms with Gasteiger partial charge in [-0.2, -0.15) is 0 Å². The Balaban J connectivity index is 1.38. The number of thioether (sulfide) groups is 1. The number of amides is 1. The van der Waals surface area contributed by atoms with E-state index in [1.165, 1.54) is 35.9 Å². The van der Waals surface area contributed by atoms with Crippen molar-refractivity contribution >= 4 is 34.1 Å². The Labute approximate surface area is 177 Å². The van der Waals surface area contributed by atoms with Gasteiger partial charge in [0.1, 0.15) is 5.75 Å². The average Bonchev–Trinajstić information content (AvgIpc) is 3.47. The SMILES string of the molecule is COc1ccc(C)cc1-c1csc(NC(=O)CSc2nnnn2C2CCCC2)n1. The first-order chi connectivity index (χ1) is 14.1. The Hall–Kier alpha value is -2.46. The van der Waals surface area contributed by atoms with Gasteiger partial charge < -0.3 is 10.1 Å². The number of nitrogens with one attached hydrogen (secondary N) is 1. The van der Waals surface area contributed by atoms with Crippen molar-refractivity contribution in [1.29, 1.82) is 0 Å². The molecule has 1 N–H and O–H groups in total. The third-order valence-electron chi connectivity index (χ3n) is 4.85. The van der Waals surface area contributed by atoms with E-state index >= 15 is 0 Å². The smallest absolute Gasteiger partial charge is 0.236 e. The standard InChI is InChI=1S/C19H22N6O2S2/c1-12-7-8-16(27-2)14(9-12)15-10-28-18(20-15)21-17(26)11-29-19-22-23-24-25(19)13-5-3-4-6-13/h7-10,13H,3-6,11H2,1-2H3,(H,20,21,26). The van der Waals surface area contributed by atoms with Crippen molar-refractivity contribution in [3.63, 3.8) is 0 Å². The number of anilines is 1. The van der Waals surface area contributed by atoms with Crippen molar-refractivity contribution in [3.8, 4) is 17.0 Å². The molecule has 0 atom stereocenters. The minimum absolute atomic E-state index is 0.131. The maximum atomic E-state index is 12.4. The van der Waals surface area contributed by atoms with E-state index in [9.17, 15) is 4.79 Å². The summed E-state index contributed by atoms with van der Waals surface area (Å²) in [5.41, 5.74) is 2.81. The Kier molecular flexibility index (Phi) is 6.10. The summed E-state index contributed by atoms with van der Waals surface area (Å²) < 4.78 is 7.29. The normalized spacial score (nSPS) is 14.3. The lowest BCUT2D eigenvalue weighted by Crippen LogP contribution is -2.15. The number of aryl methyl sites for hydroxylation is 1. The number of nitrogens with zero attached hydrogens (tertiary/aromatic N) is 5. The summed E-state index contributed by atoms with van der Waals surface area (Å²) in [4.78, 5) is 16.9. The van der Waals surface area contributed by atoms with Gasteiger partial charge in [0.25, 0.3) is 0 Å². The van der Waals surface area contributed by atoms with Gasteiger partial charge in [-0.15, -0.1) is 16.4 Å². The highest BCUT2D eigenvalue weighted by Gasteiger charge is 2.22. The molecule has 8 nitrogen and oxygen atoms in total. The Morgan fingerprint density at radius 2 is 2.21 bits per heavy atom. The van der Waals surface area contributed by atoms with Crippen LogP contribution in [0.3, 0.4) is 0 Å². The molecular weight excluding hydrogens is 408 g/mol. The van der Waals surface area contributed by atoms with Crippen LogP contribution in [0.5, 0.6) is 5.75 Å². The van der Waals surface area contributed by atoms with E-state index in [1.54, 1.807) is 7.11 Å². The molecule has 1 fully saturated rings. The van der Waals surface area contributed by atoms with Crippen LogP contribution in [-0.4, -0.2) is 44.0 Å². The van der Waals surface area contributed by atoms with Crippen LogP contribution >= 0.6 is 23.1 Å². The van der Waals surface area contributed by atoms with Crippen LogP contribution in [0.15, 0.2) is 28.7 Å². The molecule has 29 heavy (non-hydrogen) atoms. The number of hydrogen-bond acceptors (Lipinski definition) is 8. The number of methoxy groups -OCH3 is 1. The third-order valence-corrected chi connectivity index (χ3v) is 6.54. The van der Waals surface area contributed by atoms with E-state index in [-0.39, 0.29) is 11.7 Å². The predicted molar refractivity (Wildman–Crippen MR) is 114 cm³/mol. The molecule has 152 valence electrons. The maximum absolute atomic E-state index is 12.4. The van der Waals surface area contributed by atoms with E-state index in [2.05, 4.69) is 25.8 Å². The van der Waals surface area contributed by atoms with Crippen molar-refractivity contribution < 1.29 is 9.53 Å². The highest BCUT2D eigenvalue weighted by atomic mass is 32.2. The second-order valence-corrected chi connectivity index (χ2v) is 8.72. The average molecular weight is 431 g/mol. The lowest BCUT2D eigenvalue weighted by molar-refractivity contribution is -0.113. The topological polar surface area (TPSA) is 94.8 Å². The van der Waals surface area contributed by atoms with Gasteiger partial charge in [-0.1, -0.05) is 36.2 Å². The van der Waals surface area contributed by atoms with Crippen LogP contribution in [0.25, 0.3) is 11.3 Å². The molecule has 0 radical (unpaired) electrons. The summed E-state index contributed by atoms with van der Waals surface area (Å²) in [6.45, 7) is 2.02. The van der Waals surface area contributed by atoms with Crippen LogP contribution < -0.4 is 10.1 Å². The van der Waals surface area contributed by atoms with Crippen molar-refractivity contribution in [3.05, 3.63) is 29.1 Å². The number of ether oxygens (including phenoxy) is 1. The van der Waals surface area contributed by atoms with Crippen molar-refractivity contribution in [2.75, 3.05) is 18.2 Å². The Morgan fingerprint density at radius 3 is 3.00 bits per heavy atom. The van der Waals surface area contributed by atoms with Gasteiger partial charge in [0.05, 0.1) is 24.6 Å². The number of carbonyl (C=O) groups excluding carboxylic acids is 1. The fourth-order valence-electron chi connectivity index (χ4n) is 3.42. The van der Waals surface area contributed by atoms with Gasteiger partial charge in [-0.25, -0.2) is 9.67 Å². The highest BCUT2D eigenvalue weighted by molar-refractivity contribution is 7.99. The van der Waals surface area contributed by atoms with Crippen molar-refractivity contribution in [2.45, 2.75) is 43.8 Å². The number of rotatable bonds is 7. The number of hydrogen-bond donors (Lipinski definition) is 1. The molecule has 3 aromatic rings. The zero-order valence-corrected chi connectivity index (χ0v) is 17.9. The molecule has 1 aliphatic carbocycles. The lowest BCUT2D eigenvalue weighted by Gasteiger charge is -2.10.